The highest BCUT2D eigenvalue weighted by Gasteiger charge is 2.29. The van der Waals surface area contributed by atoms with Crippen molar-refractivity contribution in [3.05, 3.63) is 48.5 Å². The largest absolute Gasteiger partial charge is 0.457 e. The Morgan fingerprint density at radius 3 is 2.19 bits per heavy atom. The van der Waals surface area contributed by atoms with Gasteiger partial charge in [-0.05, 0) is 61.4 Å². The van der Waals surface area contributed by atoms with Crippen molar-refractivity contribution >= 4 is 21.6 Å². The molecule has 1 aliphatic rings. The van der Waals surface area contributed by atoms with E-state index in [1.165, 1.54) is 24.3 Å². The molecule has 0 unspecified atom stereocenters. The van der Waals surface area contributed by atoms with E-state index in [0.717, 1.165) is 6.42 Å². The minimum atomic E-state index is -3.73. The van der Waals surface area contributed by atoms with Gasteiger partial charge in [-0.2, -0.15) is 0 Å². The van der Waals surface area contributed by atoms with Crippen LogP contribution in [-0.4, -0.2) is 33.1 Å². The second-order valence-corrected chi connectivity index (χ2v) is 7.75. The van der Waals surface area contributed by atoms with E-state index in [1.54, 1.807) is 24.3 Å². The van der Waals surface area contributed by atoms with Crippen LogP contribution in [0, 0.1) is 0 Å². The fraction of sp³-hybridized carbons (Fsp3) is 0.278. The highest BCUT2D eigenvalue weighted by Crippen LogP contribution is 2.25. The number of amides is 1. The summed E-state index contributed by atoms with van der Waals surface area (Å²) >= 11 is 0. The van der Waals surface area contributed by atoms with E-state index in [2.05, 4.69) is 5.32 Å². The lowest BCUT2D eigenvalue weighted by atomic mass is 10.2. The van der Waals surface area contributed by atoms with Gasteiger partial charge in [0.1, 0.15) is 17.6 Å². The van der Waals surface area contributed by atoms with Gasteiger partial charge in [-0.1, -0.05) is 0 Å². The van der Waals surface area contributed by atoms with Crippen LogP contribution in [0.4, 0.5) is 5.69 Å². The third kappa shape index (κ3) is 5.04. The zero-order valence-electron chi connectivity index (χ0n) is 14.5. The molecule has 8 nitrogen and oxygen atoms in total. The predicted octanol–water partition coefficient (Wildman–Crippen LogP) is 1.57. The van der Waals surface area contributed by atoms with Gasteiger partial charge in [-0.15, -0.1) is 0 Å². The third-order valence-electron chi connectivity index (χ3n) is 4.17. The number of hydrogen-bond donors (Lipinski definition) is 3. The molecule has 0 aliphatic carbocycles. The Balaban J connectivity index is 1.58. The van der Waals surface area contributed by atoms with Crippen LogP contribution in [0.5, 0.6) is 11.5 Å². The Labute approximate surface area is 157 Å². The van der Waals surface area contributed by atoms with Crippen LogP contribution in [0.15, 0.2) is 53.4 Å². The summed E-state index contributed by atoms with van der Waals surface area (Å²) in [5, 5.41) is 7.86. The van der Waals surface area contributed by atoms with E-state index in [0.29, 0.717) is 30.2 Å². The van der Waals surface area contributed by atoms with Crippen molar-refractivity contribution in [2.24, 2.45) is 10.9 Å². The average molecular weight is 391 g/mol. The number of nitrogens with one attached hydrogen (secondary N) is 1. The summed E-state index contributed by atoms with van der Waals surface area (Å²) < 4.78 is 33.7. The Morgan fingerprint density at radius 2 is 1.67 bits per heavy atom. The molecule has 1 heterocycles. The fourth-order valence-electron chi connectivity index (χ4n) is 2.73. The Kier molecular flexibility index (Phi) is 5.76. The summed E-state index contributed by atoms with van der Waals surface area (Å²) in [5.74, 6) is 0.807. The number of rotatable bonds is 6. The molecule has 0 bridgehead atoms. The van der Waals surface area contributed by atoms with Gasteiger partial charge in [0, 0.05) is 12.2 Å². The molecular weight excluding hydrogens is 370 g/mol. The van der Waals surface area contributed by atoms with Crippen LogP contribution in [0.1, 0.15) is 12.8 Å². The van der Waals surface area contributed by atoms with Crippen molar-refractivity contribution in [3.8, 4) is 11.5 Å². The van der Waals surface area contributed by atoms with Gasteiger partial charge in [-0.25, -0.2) is 13.6 Å². The summed E-state index contributed by atoms with van der Waals surface area (Å²) in [6.45, 7) is 0.411. The van der Waals surface area contributed by atoms with Crippen LogP contribution in [0.2, 0.25) is 0 Å². The monoisotopic (exact) mass is 391 g/mol. The van der Waals surface area contributed by atoms with Crippen LogP contribution in [0.25, 0.3) is 0 Å². The topological polar surface area (TPSA) is 134 Å². The molecule has 3 rings (SSSR count). The van der Waals surface area contributed by atoms with Crippen molar-refractivity contribution in [2.45, 2.75) is 29.9 Å². The van der Waals surface area contributed by atoms with E-state index in [4.69, 9.17) is 20.3 Å². The first-order chi connectivity index (χ1) is 12.8. The van der Waals surface area contributed by atoms with E-state index in [1.807, 2.05) is 0 Å². The van der Waals surface area contributed by atoms with Crippen molar-refractivity contribution in [1.29, 1.82) is 0 Å². The Bertz CT molecular complexity index is 898. The normalized spacial score (nSPS) is 19.6. The molecular formula is C18H21N3O5S. The van der Waals surface area contributed by atoms with Crippen molar-refractivity contribution < 1.29 is 22.7 Å². The SMILES string of the molecule is NC[C@H]1CC[C@@H](C(=O)Nc2ccc(Oc3ccc(S(N)(=O)=O)cc3)cc2)O1. The molecule has 1 fully saturated rings. The molecule has 9 heteroatoms. The predicted molar refractivity (Wildman–Crippen MR) is 99.9 cm³/mol. The van der Waals surface area contributed by atoms with Crippen LogP contribution in [0.3, 0.4) is 0 Å². The molecule has 1 saturated heterocycles. The zero-order valence-corrected chi connectivity index (χ0v) is 15.3. The molecule has 27 heavy (non-hydrogen) atoms. The van der Waals surface area contributed by atoms with Crippen LogP contribution in [-0.2, 0) is 19.6 Å². The Morgan fingerprint density at radius 1 is 1.07 bits per heavy atom. The molecule has 2 atom stereocenters. The second kappa shape index (κ2) is 8.05. The highest BCUT2D eigenvalue weighted by atomic mass is 32.2. The quantitative estimate of drug-likeness (QED) is 0.684. The van der Waals surface area contributed by atoms with Crippen molar-refractivity contribution in [2.75, 3.05) is 11.9 Å². The number of primary sulfonamides is 1. The number of hydrogen-bond acceptors (Lipinski definition) is 6. The number of benzene rings is 2. The lowest BCUT2D eigenvalue weighted by Gasteiger charge is -2.13. The molecule has 0 radical (unpaired) electrons. The number of carbonyl (C=O) groups is 1. The number of anilines is 1. The molecule has 1 amide bonds. The molecule has 0 aromatic heterocycles. The smallest absolute Gasteiger partial charge is 0.253 e. The first-order valence-corrected chi connectivity index (χ1v) is 9.97. The maximum absolute atomic E-state index is 12.2. The standard InChI is InChI=1S/C18H21N3O5S/c19-11-15-7-10-17(26-15)18(22)21-12-1-3-13(4-2-12)25-14-5-8-16(9-6-14)27(20,23)24/h1-6,8-9,15,17H,7,10-11,19H2,(H,21,22)(H2,20,23,24)/t15-,17+/m1/s1. The maximum Gasteiger partial charge on any atom is 0.253 e. The summed E-state index contributed by atoms with van der Waals surface area (Å²) in [7, 11) is -3.73. The lowest BCUT2D eigenvalue weighted by Crippen LogP contribution is -2.29. The molecule has 2 aromatic rings. The minimum absolute atomic E-state index is 0.0129. The third-order valence-corrected chi connectivity index (χ3v) is 5.10. The van der Waals surface area contributed by atoms with E-state index >= 15 is 0 Å². The molecule has 0 saturated carbocycles. The van der Waals surface area contributed by atoms with Crippen LogP contribution >= 0.6 is 0 Å². The average Bonchev–Trinajstić information content (AvgIpc) is 3.12. The zero-order chi connectivity index (χ0) is 19.4. The van der Waals surface area contributed by atoms with Gasteiger partial charge < -0.3 is 20.5 Å². The summed E-state index contributed by atoms with van der Waals surface area (Å²) in [6.07, 6.45) is 0.902. The van der Waals surface area contributed by atoms with Gasteiger partial charge in [0.15, 0.2) is 0 Å². The fourth-order valence-corrected chi connectivity index (χ4v) is 3.25. The number of sulfonamides is 1. The van der Waals surface area contributed by atoms with Gasteiger partial charge in [0.25, 0.3) is 5.91 Å². The first kappa shape index (κ1) is 19.3. The van der Waals surface area contributed by atoms with Gasteiger partial charge in [-0.3, -0.25) is 4.79 Å². The number of nitrogens with two attached hydrogens (primary N) is 2. The van der Waals surface area contributed by atoms with Crippen molar-refractivity contribution in [1.82, 2.24) is 0 Å². The lowest BCUT2D eigenvalue weighted by molar-refractivity contribution is -0.126. The molecule has 5 N–H and O–H groups in total. The molecule has 1 aliphatic heterocycles. The Hall–Kier alpha value is -2.46. The summed E-state index contributed by atoms with van der Waals surface area (Å²) in [4.78, 5) is 12.2. The number of carbonyl (C=O) groups excluding carboxylic acids is 1. The van der Waals surface area contributed by atoms with Gasteiger partial charge in [0.2, 0.25) is 10.0 Å². The number of ether oxygens (including phenoxy) is 2. The van der Waals surface area contributed by atoms with E-state index < -0.39 is 16.1 Å². The second-order valence-electron chi connectivity index (χ2n) is 6.19. The van der Waals surface area contributed by atoms with E-state index in [-0.39, 0.29) is 16.9 Å². The summed E-state index contributed by atoms with van der Waals surface area (Å²) in [5.41, 5.74) is 6.17. The molecule has 2 aromatic carbocycles. The van der Waals surface area contributed by atoms with Gasteiger partial charge >= 0.3 is 0 Å². The van der Waals surface area contributed by atoms with Crippen molar-refractivity contribution in [3.63, 3.8) is 0 Å². The summed E-state index contributed by atoms with van der Waals surface area (Å²) in [6, 6.07) is 12.6. The maximum atomic E-state index is 12.2. The molecule has 144 valence electrons. The van der Waals surface area contributed by atoms with E-state index in [9.17, 15) is 13.2 Å². The molecule has 0 spiro atoms. The van der Waals surface area contributed by atoms with Crippen LogP contribution < -0.4 is 20.9 Å². The highest BCUT2D eigenvalue weighted by molar-refractivity contribution is 7.89. The van der Waals surface area contributed by atoms with Gasteiger partial charge in [0.05, 0.1) is 11.0 Å². The minimum Gasteiger partial charge on any atom is -0.457 e. The first-order valence-electron chi connectivity index (χ1n) is 8.42.